The van der Waals surface area contributed by atoms with Gasteiger partial charge in [0.05, 0.1) is 21.4 Å². The van der Waals surface area contributed by atoms with Crippen molar-refractivity contribution in [3.05, 3.63) is 55.8 Å². The smallest absolute Gasteiger partial charge is 0.269 e. The lowest BCUT2D eigenvalue weighted by Gasteiger charge is -2.02. The Balaban J connectivity index is 1.62. The molecule has 0 fully saturated rings. The number of carbonyl (C=O) groups is 1. The van der Waals surface area contributed by atoms with Crippen molar-refractivity contribution in [1.82, 2.24) is 9.97 Å². The Kier molecular flexibility index (Phi) is 5.01. The first-order valence-electron chi connectivity index (χ1n) is 8.22. The van der Waals surface area contributed by atoms with Crippen molar-refractivity contribution in [2.45, 2.75) is 13.8 Å². The number of amides is 1. The lowest BCUT2D eigenvalue weighted by Crippen LogP contribution is -2.11. The molecular formula is C19H14Cl2N4OS2. The molecule has 5 nitrogen and oxygen atoms in total. The fraction of sp³-hybridized carbons (Fsp3) is 0.105. The van der Waals surface area contributed by atoms with Crippen LogP contribution in [0.2, 0.25) is 10.0 Å². The molecule has 0 radical (unpaired) electrons. The number of halogens is 2. The first-order chi connectivity index (χ1) is 13.3. The molecule has 4 rings (SSSR count). The van der Waals surface area contributed by atoms with Crippen LogP contribution in [-0.2, 0) is 0 Å². The number of hydrogen-bond acceptors (Lipinski definition) is 6. The van der Waals surface area contributed by atoms with Gasteiger partial charge in [0.15, 0.2) is 5.13 Å². The summed E-state index contributed by atoms with van der Waals surface area (Å²) in [7, 11) is 0. The Bertz CT molecular complexity index is 1230. The Morgan fingerprint density at radius 1 is 1.14 bits per heavy atom. The van der Waals surface area contributed by atoms with E-state index in [1.807, 2.05) is 31.4 Å². The van der Waals surface area contributed by atoms with Crippen LogP contribution < -0.4 is 11.1 Å². The van der Waals surface area contributed by atoms with E-state index in [0.717, 1.165) is 27.0 Å². The first kappa shape index (κ1) is 19.1. The van der Waals surface area contributed by atoms with E-state index in [9.17, 15) is 4.79 Å². The molecule has 0 bridgehead atoms. The van der Waals surface area contributed by atoms with Crippen LogP contribution in [0.1, 0.15) is 20.9 Å². The zero-order valence-corrected chi connectivity index (χ0v) is 18.0. The standard InChI is InChI=1S/C19H14Cl2N4OS2/c1-8-5-9(2)23-18-14(8)15(22)16(28-18)17(26)25-19-24-13(7-27-19)10-3-4-11(20)12(21)6-10/h3-7H,22H2,1-2H3,(H,24,25,26). The van der Waals surface area contributed by atoms with Gasteiger partial charge in [0, 0.05) is 22.0 Å². The van der Waals surface area contributed by atoms with E-state index in [-0.39, 0.29) is 5.91 Å². The summed E-state index contributed by atoms with van der Waals surface area (Å²) in [5.41, 5.74) is 10.1. The molecular weight excluding hydrogens is 435 g/mol. The summed E-state index contributed by atoms with van der Waals surface area (Å²) in [5, 5.41) is 6.91. The average Bonchev–Trinajstić information content (AvgIpc) is 3.22. The maximum absolute atomic E-state index is 12.8. The Labute approximate surface area is 179 Å². The third kappa shape index (κ3) is 3.46. The number of aryl methyl sites for hydroxylation is 2. The number of nitrogens with two attached hydrogens (primary N) is 1. The van der Waals surface area contributed by atoms with Crippen molar-refractivity contribution in [1.29, 1.82) is 0 Å². The molecule has 1 aromatic carbocycles. The minimum atomic E-state index is -0.299. The number of carbonyl (C=O) groups excluding carboxylic acids is 1. The fourth-order valence-corrected chi connectivity index (χ4v) is 5.04. The number of aromatic nitrogens is 2. The van der Waals surface area contributed by atoms with E-state index >= 15 is 0 Å². The molecule has 9 heteroatoms. The van der Waals surface area contributed by atoms with Crippen LogP contribution in [0.25, 0.3) is 21.5 Å². The van der Waals surface area contributed by atoms with Crippen molar-refractivity contribution in [2.24, 2.45) is 0 Å². The molecule has 0 saturated carbocycles. The molecule has 4 aromatic rings. The Morgan fingerprint density at radius 2 is 1.93 bits per heavy atom. The van der Waals surface area contributed by atoms with E-state index in [0.29, 0.717) is 31.4 Å². The summed E-state index contributed by atoms with van der Waals surface area (Å²) < 4.78 is 0. The van der Waals surface area contributed by atoms with Crippen LogP contribution in [0.15, 0.2) is 29.6 Å². The number of rotatable bonds is 3. The number of pyridine rings is 1. The van der Waals surface area contributed by atoms with E-state index in [2.05, 4.69) is 15.3 Å². The molecule has 0 aliphatic carbocycles. The number of thiophene rings is 1. The van der Waals surface area contributed by atoms with Crippen LogP contribution in [0.4, 0.5) is 10.8 Å². The van der Waals surface area contributed by atoms with Gasteiger partial charge in [-0.05, 0) is 37.6 Å². The number of benzene rings is 1. The van der Waals surface area contributed by atoms with Gasteiger partial charge < -0.3 is 5.73 Å². The molecule has 0 unspecified atom stereocenters. The molecule has 0 aliphatic heterocycles. The molecule has 3 aromatic heterocycles. The molecule has 28 heavy (non-hydrogen) atoms. The van der Waals surface area contributed by atoms with Gasteiger partial charge >= 0.3 is 0 Å². The minimum absolute atomic E-state index is 0.299. The predicted octanol–water partition coefficient (Wildman–Crippen LogP) is 6.18. The molecule has 1 amide bonds. The first-order valence-corrected chi connectivity index (χ1v) is 10.7. The summed E-state index contributed by atoms with van der Waals surface area (Å²) in [6, 6.07) is 7.24. The summed E-state index contributed by atoms with van der Waals surface area (Å²) >= 11 is 14.6. The van der Waals surface area contributed by atoms with Gasteiger partial charge in [-0.25, -0.2) is 9.97 Å². The zero-order chi connectivity index (χ0) is 20.0. The highest BCUT2D eigenvalue weighted by Crippen LogP contribution is 2.36. The van der Waals surface area contributed by atoms with Crippen LogP contribution in [0.3, 0.4) is 0 Å². The summed E-state index contributed by atoms with van der Waals surface area (Å²) in [6.45, 7) is 3.88. The number of thiazole rings is 1. The van der Waals surface area contributed by atoms with Gasteiger partial charge in [-0.1, -0.05) is 29.3 Å². The van der Waals surface area contributed by atoms with Crippen molar-refractivity contribution in [3.63, 3.8) is 0 Å². The van der Waals surface area contributed by atoms with Crippen molar-refractivity contribution < 1.29 is 4.79 Å². The second-order valence-corrected chi connectivity index (χ2v) is 8.90. The maximum Gasteiger partial charge on any atom is 0.269 e. The van der Waals surface area contributed by atoms with Gasteiger partial charge in [0.1, 0.15) is 9.71 Å². The van der Waals surface area contributed by atoms with Gasteiger partial charge in [-0.2, -0.15) is 0 Å². The quantitative estimate of drug-likeness (QED) is 0.392. The average molecular weight is 449 g/mol. The second-order valence-electron chi connectivity index (χ2n) is 6.23. The maximum atomic E-state index is 12.8. The normalized spacial score (nSPS) is 11.1. The summed E-state index contributed by atoms with van der Waals surface area (Å²) in [6.07, 6.45) is 0. The minimum Gasteiger partial charge on any atom is -0.397 e. The van der Waals surface area contributed by atoms with Gasteiger partial charge in [0.2, 0.25) is 0 Å². The van der Waals surface area contributed by atoms with Gasteiger partial charge in [0.25, 0.3) is 5.91 Å². The van der Waals surface area contributed by atoms with Gasteiger partial charge in [-0.15, -0.1) is 22.7 Å². The lowest BCUT2D eigenvalue weighted by atomic mass is 10.1. The molecule has 0 atom stereocenters. The Hall–Kier alpha value is -2.19. The van der Waals surface area contributed by atoms with Crippen LogP contribution in [0, 0.1) is 13.8 Å². The molecule has 0 aliphatic rings. The van der Waals surface area contributed by atoms with Crippen LogP contribution >= 0.6 is 45.9 Å². The monoisotopic (exact) mass is 448 g/mol. The third-order valence-electron chi connectivity index (χ3n) is 4.17. The lowest BCUT2D eigenvalue weighted by molar-refractivity contribution is 0.103. The van der Waals surface area contributed by atoms with E-state index in [4.69, 9.17) is 28.9 Å². The molecule has 3 heterocycles. The molecule has 0 saturated heterocycles. The van der Waals surface area contributed by atoms with Gasteiger partial charge in [-0.3, -0.25) is 10.1 Å². The number of fused-ring (bicyclic) bond motifs is 1. The number of nitrogens with zero attached hydrogens (tertiary/aromatic N) is 2. The summed E-state index contributed by atoms with van der Waals surface area (Å²) in [5.74, 6) is -0.299. The number of nitrogens with one attached hydrogen (secondary N) is 1. The third-order valence-corrected chi connectivity index (χ3v) is 6.77. The van der Waals surface area contributed by atoms with Crippen molar-refractivity contribution in [2.75, 3.05) is 11.1 Å². The number of anilines is 2. The number of nitrogen functional groups attached to an aromatic ring is 1. The van der Waals surface area contributed by atoms with E-state index in [1.54, 1.807) is 12.1 Å². The Morgan fingerprint density at radius 3 is 2.68 bits per heavy atom. The predicted molar refractivity (Wildman–Crippen MR) is 119 cm³/mol. The highest BCUT2D eigenvalue weighted by Gasteiger charge is 2.20. The largest absolute Gasteiger partial charge is 0.397 e. The topological polar surface area (TPSA) is 80.9 Å². The highest BCUT2D eigenvalue weighted by atomic mass is 35.5. The second kappa shape index (κ2) is 7.33. The fourth-order valence-electron chi connectivity index (χ4n) is 2.91. The van der Waals surface area contributed by atoms with Crippen LogP contribution in [0.5, 0.6) is 0 Å². The number of hydrogen-bond donors (Lipinski definition) is 2. The summed E-state index contributed by atoms with van der Waals surface area (Å²) in [4.78, 5) is 22.9. The molecule has 142 valence electrons. The van der Waals surface area contributed by atoms with E-state index in [1.165, 1.54) is 22.7 Å². The van der Waals surface area contributed by atoms with Crippen molar-refractivity contribution >= 4 is 72.8 Å². The SMILES string of the molecule is Cc1cc(C)c2c(N)c(C(=O)Nc3nc(-c4ccc(Cl)c(Cl)c4)cs3)sc2n1. The molecule has 0 spiro atoms. The zero-order valence-electron chi connectivity index (χ0n) is 14.8. The molecule has 3 N–H and O–H groups in total. The highest BCUT2D eigenvalue weighted by molar-refractivity contribution is 7.21. The van der Waals surface area contributed by atoms with E-state index < -0.39 is 0 Å². The van der Waals surface area contributed by atoms with Crippen molar-refractivity contribution in [3.8, 4) is 11.3 Å². The van der Waals surface area contributed by atoms with Crippen LogP contribution in [-0.4, -0.2) is 15.9 Å².